The molecule has 20 heavy (non-hydrogen) atoms. The van der Waals surface area contributed by atoms with E-state index in [9.17, 15) is 0 Å². The summed E-state index contributed by atoms with van der Waals surface area (Å²) >= 11 is 8.25. The number of nitrogens with one attached hydrogen (secondary N) is 1. The number of aliphatic imine (C=N–C) groups is 1. The van der Waals surface area contributed by atoms with Crippen molar-refractivity contribution in [2.24, 2.45) is 10.9 Å². The summed E-state index contributed by atoms with van der Waals surface area (Å²) in [6.45, 7) is 6.52. The summed E-state index contributed by atoms with van der Waals surface area (Å²) in [7, 11) is 0. The van der Waals surface area contributed by atoms with Gasteiger partial charge < -0.3 is 5.32 Å². The zero-order chi connectivity index (χ0) is 14.4. The van der Waals surface area contributed by atoms with Crippen LogP contribution in [0.3, 0.4) is 0 Å². The molecule has 2 nitrogen and oxygen atoms in total. The maximum Gasteiger partial charge on any atom is 0.157 e. The molecule has 0 amide bonds. The van der Waals surface area contributed by atoms with Crippen molar-refractivity contribution in [2.75, 3.05) is 5.75 Å². The maximum absolute atomic E-state index is 6.41. The summed E-state index contributed by atoms with van der Waals surface area (Å²) in [6, 6.07) is 8.17. The first-order chi connectivity index (χ1) is 9.41. The van der Waals surface area contributed by atoms with Crippen molar-refractivity contribution in [1.29, 1.82) is 0 Å². The lowest BCUT2D eigenvalue weighted by Crippen LogP contribution is -2.39. The fourth-order valence-corrected chi connectivity index (χ4v) is 4.39. The van der Waals surface area contributed by atoms with Crippen molar-refractivity contribution in [3.8, 4) is 0 Å². The number of amidine groups is 1. The minimum Gasteiger partial charge on any atom is -0.360 e. The highest BCUT2D eigenvalue weighted by Crippen LogP contribution is 2.60. The van der Waals surface area contributed by atoms with Crippen LogP contribution in [-0.2, 0) is 5.54 Å². The molecule has 108 valence electrons. The Labute approximate surface area is 130 Å². The predicted molar refractivity (Wildman–Crippen MR) is 88.6 cm³/mol. The standard InChI is InChI=1S/C16H21ClN2S/c1-15(2,3)18-14-19-16(10-11(16)8-9-20-14)12-6-4-5-7-13(12)17/h4-7,11H,8-10H2,1-3H3,(H,18,19)/t11-,16+/m0/s1. The van der Waals surface area contributed by atoms with E-state index in [1.165, 1.54) is 12.0 Å². The molecule has 4 heteroatoms. The SMILES string of the molecule is CC(C)(C)NC1=N[C@]2(c3ccccc3Cl)C[C@@H]2CCS1. The number of hydrogen-bond acceptors (Lipinski definition) is 3. The largest absolute Gasteiger partial charge is 0.360 e. The molecule has 3 rings (SSSR count). The minimum absolute atomic E-state index is 0.0439. The van der Waals surface area contributed by atoms with E-state index in [1.807, 2.05) is 23.9 Å². The van der Waals surface area contributed by atoms with E-state index < -0.39 is 0 Å². The molecule has 2 atom stereocenters. The predicted octanol–water partition coefficient (Wildman–Crippen LogP) is 4.44. The van der Waals surface area contributed by atoms with E-state index in [2.05, 4.69) is 38.2 Å². The molecule has 0 bridgehead atoms. The van der Waals surface area contributed by atoms with Crippen LogP contribution in [0.15, 0.2) is 29.3 Å². The van der Waals surface area contributed by atoms with Crippen molar-refractivity contribution in [2.45, 2.75) is 44.7 Å². The fourth-order valence-electron chi connectivity index (χ4n) is 2.89. The lowest BCUT2D eigenvalue weighted by Gasteiger charge is -2.24. The summed E-state index contributed by atoms with van der Waals surface area (Å²) in [5.74, 6) is 1.79. The van der Waals surface area contributed by atoms with E-state index in [4.69, 9.17) is 16.6 Å². The second-order valence-electron chi connectivity index (χ2n) is 6.73. The van der Waals surface area contributed by atoms with Crippen LogP contribution in [0.5, 0.6) is 0 Å². The Balaban J connectivity index is 1.96. The average molecular weight is 309 g/mol. The van der Waals surface area contributed by atoms with Gasteiger partial charge in [0.1, 0.15) is 0 Å². The van der Waals surface area contributed by atoms with Gasteiger partial charge in [-0.1, -0.05) is 41.6 Å². The molecule has 0 saturated heterocycles. The number of thioether (sulfide) groups is 1. The van der Waals surface area contributed by atoms with Crippen LogP contribution >= 0.6 is 23.4 Å². The van der Waals surface area contributed by atoms with Gasteiger partial charge in [0.25, 0.3) is 0 Å². The summed E-state index contributed by atoms with van der Waals surface area (Å²) in [5.41, 5.74) is 1.17. The maximum atomic E-state index is 6.41. The molecule has 0 aromatic heterocycles. The number of halogens is 1. The van der Waals surface area contributed by atoms with Gasteiger partial charge in [-0.2, -0.15) is 0 Å². The first-order valence-corrected chi connectivity index (χ1v) is 8.53. The fraction of sp³-hybridized carbons (Fsp3) is 0.562. The van der Waals surface area contributed by atoms with Crippen LogP contribution in [-0.4, -0.2) is 16.5 Å². The number of rotatable bonds is 1. The van der Waals surface area contributed by atoms with Crippen molar-refractivity contribution in [3.63, 3.8) is 0 Å². The van der Waals surface area contributed by atoms with Gasteiger partial charge >= 0.3 is 0 Å². The normalized spacial score (nSPS) is 29.2. The van der Waals surface area contributed by atoms with Crippen LogP contribution in [0.25, 0.3) is 0 Å². The van der Waals surface area contributed by atoms with Crippen molar-refractivity contribution in [3.05, 3.63) is 34.9 Å². The minimum atomic E-state index is -0.0740. The van der Waals surface area contributed by atoms with Gasteiger partial charge in [-0.05, 0) is 51.2 Å². The van der Waals surface area contributed by atoms with Crippen LogP contribution in [0.1, 0.15) is 39.2 Å². The highest BCUT2D eigenvalue weighted by atomic mass is 35.5. The van der Waals surface area contributed by atoms with Crippen molar-refractivity contribution in [1.82, 2.24) is 5.32 Å². The Bertz CT molecular complexity index is 550. The van der Waals surface area contributed by atoms with Gasteiger partial charge in [0.05, 0.1) is 5.54 Å². The average Bonchev–Trinajstić information content (AvgIpc) is 3.02. The molecule has 1 N–H and O–H groups in total. The third-order valence-electron chi connectivity index (χ3n) is 3.90. The highest BCUT2D eigenvalue weighted by molar-refractivity contribution is 8.13. The number of nitrogens with zero attached hydrogens (tertiary/aromatic N) is 1. The zero-order valence-corrected chi connectivity index (χ0v) is 13.8. The summed E-state index contributed by atoms with van der Waals surface area (Å²) in [5, 5.41) is 5.45. The quantitative estimate of drug-likeness (QED) is 0.829. The van der Waals surface area contributed by atoms with E-state index in [0.29, 0.717) is 5.92 Å². The van der Waals surface area contributed by atoms with Crippen molar-refractivity contribution >= 4 is 28.5 Å². The van der Waals surface area contributed by atoms with Crippen LogP contribution in [0.2, 0.25) is 5.02 Å². The molecule has 0 unspecified atom stereocenters. The summed E-state index contributed by atoms with van der Waals surface area (Å²) < 4.78 is 0. The van der Waals surface area contributed by atoms with E-state index in [0.717, 1.165) is 22.4 Å². The molecular weight excluding hydrogens is 288 g/mol. The van der Waals surface area contributed by atoms with Gasteiger partial charge in [-0.25, -0.2) is 0 Å². The third kappa shape index (κ3) is 2.71. The van der Waals surface area contributed by atoms with Crippen LogP contribution < -0.4 is 5.32 Å². The lowest BCUT2D eigenvalue weighted by atomic mass is 10.0. The Morgan fingerprint density at radius 3 is 2.80 bits per heavy atom. The molecule has 0 radical (unpaired) electrons. The zero-order valence-electron chi connectivity index (χ0n) is 12.2. The van der Waals surface area contributed by atoms with Crippen LogP contribution in [0.4, 0.5) is 0 Å². The molecule has 0 spiro atoms. The number of hydrogen-bond donors (Lipinski definition) is 1. The molecule has 1 aliphatic heterocycles. The topological polar surface area (TPSA) is 24.4 Å². The van der Waals surface area contributed by atoms with E-state index in [-0.39, 0.29) is 11.1 Å². The molecular formula is C16H21ClN2S. The van der Waals surface area contributed by atoms with Crippen LogP contribution in [0, 0.1) is 5.92 Å². The smallest absolute Gasteiger partial charge is 0.157 e. The molecule has 1 aliphatic carbocycles. The van der Waals surface area contributed by atoms with Gasteiger partial charge in [0, 0.05) is 16.3 Å². The van der Waals surface area contributed by atoms with Gasteiger partial charge in [0.15, 0.2) is 5.17 Å². The number of benzene rings is 1. The Morgan fingerprint density at radius 1 is 1.35 bits per heavy atom. The lowest BCUT2D eigenvalue weighted by molar-refractivity contribution is 0.511. The first-order valence-electron chi connectivity index (χ1n) is 7.17. The summed E-state index contributed by atoms with van der Waals surface area (Å²) in [4.78, 5) is 5.08. The number of fused-ring (bicyclic) bond motifs is 1. The molecule has 1 aromatic rings. The Hall–Kier alpha value is -0.670. The second kappa shape index (κ2) is 4.96. The molecule has 1 fully saturated rings. The molecule has 1 heterocycles. The van der Waals surface area contributed by atoms with Gasteiger partial charge in [-0.15, -0.1) is 0 Å². The summed E-state index contributed by atoms with van der Waals surface area (Å²) in [6.07, 6.45) is 2.35. The van der Waals surface area contributed by atoms with E-state index in [1.54, 1.807) is 0 Å². The Kier molecular flexibility index (Phi) is 3.54. The van der Waals surface area contributed by atoms with E-state index >= 15 is 0 Å². The third-order valence-corrected chi connectivity index (χ3v) is 5.14. The van der Waals surface area contributed by atoms with Gasteiger partial charge in [0.2, 0.25) is 0 Å². The molecule has 1 saturated carbocycles. The Morgan fingerprint density at radius 2 is 2.10 bits per heavy atom. The highest BCUT2D eigenvalue weighted by Gasteiger charge is 2.57. The second-order valence-corrected chi connectivity index (χ2v) is 8.23. The van der Waals surface area contributed by atoms with Crippen molar-refractivity contribution < 1.29 is 0 Å². The molecule has 1 aromatic carbocycles. The first kappa shape index (κ1) is 14.3. The van der Waals surface area contributed by atoms with Gasteiger partial charge in [-0.3, -0.25) is 4.99 Å². The monoisotopic (exact) mass is 308 g/mol. The molecule has 2 aliphatic rings.